The molecule has 0 fully saturated rings. The summed E-state index contributed by atoms with van der Waals surface area (Å²) in [6, 6.07) is 4.07. The number of aryl methyl sites for hydroxylation is 2. The van der Waals surface area contributed by atoms with Crippen molar-refractivity contribution in [3.8, 4) is 0 Å². The van der Waals surface area contributed by atoms with E-state index in [9.17, 15) is 11.6 Å². The van der Waals surface area contributed by atoms with Gasteiger partial charge in [-0.15, -0.1) is 0 Å². The molecule has 0 heterocycles. The number of halogens is 4. The molecule has 0 radical (unpaired) electrons. The first-order valence-electron chi connectivity index (χ1n) is 3.97. The second-order valence-corrected chi connectivity index (χ2v) is 13.3. The van der Waals surface area contributed by atoms with Crippen LogP contribution in [-0.4, -0.2) is 17.7 Å². The van der Waals surface area contributed by atoms with Crippen molar-refractivity contribution in [2.24, 2.45) is 0 Å². The van der Waals surface area contributed by atoms with Gasteiger partial charge in [-0.2, -0.15) is 0 Å². The molecule has 1 rings (SSSR count). The van der Waals surface area contributed by atoms with Crippen LogP contribution in [0.2, 0.25) is 4.97 Å². The van der Waals surface area contributed by atoms with Crippen molar-refractivity contribution in [1.82, 2.24) is 0 Å². The van der Waals surface area contributed by atoms with E-state index in [1.807, 2.05) is 0 Å². The SMILES string of the molecule is Cc1cccc(C)c1[Te](C)(F)(F)(F)F. The monoisotopic (exact) mass is 326 g/mol. The van der Waals surface area contributed by atoms with Crippen molar-refractivity contribution in [2.45, 2.75) is 18.8 Å². The van der Waals surface area contributed by atoms with Gasteiger partial charge >= 0.3 is 81.0 Å². The molecule has 0 N–H and O–H groups in total. The Balaban J connectivity index is 3.66. The molecule has 0 bridgehead atoms. The fraction of sp³-hybridized carbons (Fsp3) is 0.333. The molecule has 0 aliphatic rings. The Labute approximate surface area is 81.2 Å². The van der Waals surface area contributed by atoms with Crippen molar-refractivity contribution in [3.05, 3.63) is 29.3 Å². The molecule has 0 aromatic heterocycles. The average Bonchev–Trinajstić information content (AvgIpc) is 1.78. The van der Waals surface area contributed by atoms with Crippen LogP contribution >= 0.6 is 0 Å². The summed E-state index contributed by atoms with van der Waals surface area (Å²) >= 11 is -8.88. The molecule has 0 aliphatic heterocycles. The van der Waals surface area contributed by atoms with Gasteiger partial charge in [0.05, 0.1) is 0 Å². The number of hydrogen-bond acceptors (Lipinski definition) is 0. The van der Waals surface area contributed by atoms with E-state index in [2.05, 4.69) is 0 Å². The van der Waals surface area contributed by atoms with Crippen LogP contribution in [0.3, 0.4) is 0 Å². The van der Waals surface area contributed by atoms with Crippen LogP contribution < -0.4 is 3.61 Å². The van der Waals surface area contributed by atoms with Gasteiger partial charge in [-0.25, -0.2) is 0 Å². The zero-order valence-corrected chi connectivity index (χ0v) is 10.5. The van der Waals surface area contributed by atoms with Crippen LogP contribution in [0.15, 0.2) is 18.2 Å². The van der Waals surface area contributed by atoms with Gasteiger partial charge in [0.25, 0.3) is 0 Å². The van der Waals surface area contributed by atoms with Crippen molar-refractivity contribution in [3.63, 3.8) is 0 Å². The molecule has 0 aliphatic carbocycles. The molecule has 0 unspecified atom stereocenters. The van der Waals surface area contributed by atoms with Gasteiger partial charge in [0.15, 0.2) is 0 Å². The molecule has 0 spiro atoms. The predicted molar refractivity (Wildman–Crippen MR) is 51.6 cm³/mol. The first-order chi connectivity index (χ1) is 5.91. The van der Waals surface area contributed by atoms with Gasteiger partial charge in [0, 0.05) is 0 Å². The van der Waals surface area contributed by atoms with Crippen LogP contribution in [0.25, 0.3) is 0 Å². The van der Waals surface area contributed by atoms with Gasteiger partial charge < -0.3 is 0 Å². The summed E-state index contributed by atoms with van der Waals surface area (Å²) in [5, 5.41) is 0. The van der Waals surface area contributed by atoms with Gasteiger partial charge in [-0.1, -0.05) is 0 Å². The van der Waals surface area contributed by atoms with Crippen LogP contribution in [0.4, 0.5) is 11.6 Å². The molecular formula is C9H12F4Te. The van der Waals surface area contributed by atoms with Gasteiger partial charge in [-0.3, -0.25) is 0 Å². The Hall–Kier alpha value is -0.270. The Morgan fingerprint density at radius 2 is 1.29 bits per heavy atom. The number of rotatable bonds is 1. The van der Waals surface area contributed by atoms with E-state index in [1.165, 1.54) is 32.0 Å². The summed E-state index contributed by atoms with van der Waals surface area (Å²) < 4.78 is 51.8. The van der Waals surface area contributed by atoms with E-state index in [0.29, 0.717) is 0 Å². The third-order valence-corrected chi connectivity index (χ3v) is 6.69. The minimum absolute atomic E-state index is 0.0340. The van der Waals surface area contributed by atoms with Crippen molar-refractivity contribution in [2.75, 3.05) is 0 Å². The fourth-order valence-electron chi connectivity index (χ4n) is 1.61. The summed E-state index contributed by atoms with van der Waals surface area (Å²) in [7, 11) is 0. The van der Waals surface area contributed by atoms with Crippen molar-refractivity contribution < 1.29 is 11.6 Å². The molecule has 0 atom stereocenters. The number of benzene rings is 1. The molecule has 5 heteroatoms. The molecule has 1 aromatic carbocycles. The van der Waals surface area contributed by atoms with Crippen LogP contribution in [-0.2, 0) is 0 Å². The molecule has 1 aromatic rings. The van der Waals surface area contributed by atoms with Gasteiger partial charge in [0.1, 0.15) is 0 Å². The standard InChI is InChI=1S/C9H12F4Te/c1-7-5-4-6-8(2)9(7)14(3,10,11,12)13/h4-6H,1-3H3. The number of hydrogen-bond donors (Lipinski definition) is 0. The summed E-state index contributed by atoms with van der Waals surface area (Å²) in [4.78, 5) is -0.170. The first kappa shape index (κ1) is 11.8. The summed E-state index contributed by atoms with van der Waals surface area (Å²) in [5.74, 6) is 0. The Morgan fingerprint density at radius 1 is 0.929 bits per heavy atom. The maximum absolute atomic E-state index is 13.2. The third kappa shape index (κ3) is 2.40. The molecular weight excluding hydrogens is 312 g/mol. The summed E-state index contributed by atoms with van der Waals surface area (Å²) in [6.07, 6.45) is 0. The maximum atomic E-state index is 13.2. The first-order valence-corrected chi connectivity index (χ1v) is 11.0. The molecule has 14 heavy (non-hydrogen) atoms. The summed E-state index contributed by atoms with van der Waals surface area (Å²) in [6.45, 7) is 2.57. The predicted octanol–water partition coefficient (Wildman–Crippen LogP) is 3.36. The Morgan fingerprint density at radius 3 is 1.50 bits per heavy atom. The zero-order valence-electron chi connectivity index (χ0n) is 8.15. The minimum atomic E-state index is -8.88. The van der Waals surface area contributed by atoms with Crippen molar-refractivity contribution >= 4 is 21.3 Å². The topological polar surface area (TPSA) is 0 Å². The van der Waals surface area contributed by atoms with Crippen LogP contribution in [0, 0.1) is 13.8 Å². The zero-order chi connectivity index (χ0) is 11.3. The quantitative estimate of drug-likeness (QED) is 0.549. The van der Waals surface area contributed by atoms with Gasteiger partial charge in [-0.05, 0) is 0 Å². The van der Waals surface area contributed by atoms with Gasteiger partial charge in [0.2, 0.25) is 0 Å². The van der Waals surface area contributed by atoms with E-state index in [4.69, 9.17) is 0 Å². The molecule has 0 saturated carbocycles. The van der Waals surface area contributed by atoms with E-state index in [1.54, 1.807) is 0 Å². The van der Waals surface area contributed by atoms with E-state index < -0.39 is 21.3 Å². The van der Waals surface area contributed by atoms with Crippen LogP contribution in [0.5, 0.6) is 0 Å². The second-order valence-electron chi connectivity index (χ2n) is 3.70. The Bertz CT molecular complexity index is 356. The molecule has 0 amide bonds. The fourth-order valence-corrected chi connectivity index (χ4v) is 6.61. The third-order valence-electron chi connectivity index (χ3n) is 1.92. The normalized spacial score (nSPS) is 17.4. The van der Waals surface area contributed by atoms with E-state index >= 15 is 0 Å². The van der Waals surface area contributed by atoms with Crippen LogP contribution in [0.1, 0.15) is 11.1 Å². The Kier molecular flexibility index (Phi) is 2.07. The van der Waals surface area contributed by atoms with Crippen molar-refractivity contribution in [1.29, 1.82) is 0 Å². The molecule has 82 valence electrons. The second kappa shape index (κ2) is 2.45. The van der Waals surface area contributed by atoms with E-state index in [0.717, 1.165) is 0 Å². The van der Waals surface area contributed by atoms with E-state index in [-0.39, 0.29) is 16.1 Å². The summed E-state index contributed by atoms with van der Waals surface area (Å²) in [5.41, 5.74) is -0.0680. The average molecular weight is 324 g/mol. The molecule has 0 nitrogen and oxygen atoms in total. The molecule has 0 saturated heterocycles.